The molecule has 108 valence electrons. The van der Waals surface area contributed by atoms with Gasteiger partial charge in [-0.3, -0.25) is 0 Å². The number of hydrogen-bond acceptors (Lipinski definition) is 2. The molecular formula is C16H32O2. The first-order chi connectivity index (χ1) is 8.91. The lowest BCUT2D eigenvalue weighted by atomic mass is 10.1. The van der Waals surface area contributed by atoms with Crippen LogP contribution in [0.4, 0.5) is 0 Å². The molecule has 0 unspecified atom stereocenters. The summed E-state index contributed by atoms with van der Waals surface area (Å²) < 4.78 is 10.8. The Morgan fingerprint density at radius 2 is 1.28 bits per heavy atom. The van der Waals surface area contributed by atoms with Crippen LogP contribution in [0.5, 0.6) is 0 Å². The fourth-order valence-corrected chi connectivity index (χ4v) is 1.89. The quantitative estimate of drug-likeness (QED) is 0.311. The van der Waals surface area contributed by atoms with Crippen molar-refractivity contribution in [1.29, 1.82) is 0 Å². The molecule has 2 heteroatoms. The Balaban J connectivity index is 2.88. The van der Waals surface area contributed by atoms with Crippen LogP contribution in [0.1, 0.15) is 64.7 Å². The molecule has 0 aromatic rings. The summed E-state index contributed by atoms with van der Waals surface area (Å²) in [7, 11) is 0. The maximum absolute atomic E-state index is 5.55. The van der Waals surface area contributed by atoms with Crippen LogP contribution in [0.2, 0.25) is 0 Å². The van der Waals surface area contributed by atoms with Crippen LogP contribution in [0.3, 0.4) is 0 Å². The van der Waals surface area contributed by atoms with Gasteiger partial charge in [0.1, 0.15) is 0 Å². The summed E-state index contributed by atoms with van der Waals surface area (Å²) in [5.41, 5.74) is 0. The van der Waals surface area contributed by atoms with E-state index in [-0.39, 0.29) is 0 Å². The van der Waals surface area contributed by atoms with Gasteiger partial charge in [-0.1, -0.05) is 38.2 Å². The molecule has 18 heavy (non-hydrogen) atoms. The third kappa shape index (κ3) is 15.7. The summed E-state index contributed by atoms with van der Waals surface area (Å²) in [6.45, 7) is 9.18. The van der Waals surface area contributed by atoms with E-state index >= 15 is 0 Å². The van der Waals surface area contributed by atoms with Crippen LogP contribution in [-0.2, 0) is 9.47 Å². The molecule has 0 bridgehead atoms. The molecule has 0 radical (unpaired) electrons. The van der Waals surface area contributed by atoms with E-state index in [1.165, 1.54) is 51.4 Å². The molecule has 0 heterocycles. The smallest absolute Gasteiger partial charge is 0.0487 e. The zero-order chi connectivity index (χ0) is 13.3. The van der Waals surface area contributed by atoms with Gasteiger partial charge in [0.25, 0.3) is 0 Å². The van der Waals surface area contributed by atoms with Crippen LogP contribution < -0.4 is 0 Å². The lowest BCUT2D eigenvalue weighted by Crippen LogP contribution is -2.01. The average molecular weight is 256 g/mol. The van der Waals surface area contributed by atoms with Crippen molar-refractivity contribution in [3.8, 4) is 0 Å². The highest BCUT2D eigenvalue weighted by Gasteiger charge is 1.93. The molecule has 0 amide bonds. The standard InChI is InChI=1S/C16H32O2/c1-3-5-6-7-8-9-10-11-12-14-18-16-13-15-17-4-2/h3H,1,4-16H2,2H3. The second-order valence-corrected chi connectivity index (χ2v) is 4.72. The Bertz CT molecular complexity index is 157. The molecule has 0 rings (SSSR count). The van der Waals surface area contributed by atoms with E-state index in [1.807, 2.05) is 13.0 Å². The molecule has 0 N–H and O–H groups in total. The summed E-state index contributed by atoms with van der Waals surface area (Å²) in [5.74, 6) is 0. The number of hydrogen-bond donors (Lipinski definition) is 0. The zero-order valence-electron chi connectivity index (χ0n) is 12.3. The van der Waals surface area contributed by atoms with Gasteiger partial charge in [0.05, 0.1) is 0 Å². The molecule has 0 spiro atoms. The Morgan fingerprint density at radius 3 is 1.94 bits per heavy atom. The van der Waals surface area contributed by atoms with Gasteiger partial charge in [-0.05, 0) is 32.6 Å². The summed E-state index contributed by atoms with van der Waals surface area (Å²) in [6.07, 6.45) is 13.5. The average Bonchev–Trinajstić information content (AvgIpc) is 2.39. The van der Waals surface area contributed by atoms with Gasteiger partial charge >= 0.3 is 0 Å². The van der Waals surface area contributed by atoms with E-state index in [9.17, 15) is 0 Å². The minimum absolute atomic E-state index is 0.812. The number of unbranched alkanes of at least 4 members (excludes halogenated alkanes) is 7. The van der Waals surface area contributed by atoms with Crippen molar-refractivity contribution >= 4 is 0 Å². The lowest BCUT2D eigenvalue weighted by Gasteiger charge is -2.04. The first-order valence-corrected chi connectivity index (χ1v) is 7.68. The van der Waals surface area contributed by atoms with E-state index in [1.54, 1.807) is 0 Å². The zero-order valence-corrected chi connectivity index (χ0v) is 12.3. The minimum Gasteiger partial charge on any atom is -0.382 e. The van der Waals surface area contributed by atoms with E-state index in [4.69, 9.17) is 9.47 Å². The highest BCUT2D eigenvalue weighted by molar-refractivity contribution is 4.65. The monoisotopic (exact) mass is 256 g/mol. The van der Waals surface area contributed by atoms with Crippen molar-refractivity contribution < 1.29 is 9.47 Å². The summed E-state index contributed by atoms with van der Waals surface area (Å²) in [5, 5.41) is 0. The topological polar surface area (TPSA) is 18.5 Å². The van der Waals surface area contributed by atoms with Gasteiger partial charge in [0.15, 0.2) is 0 Å². The van der Waals surface area contributed by atoms with Gasteiger partial charge < -0.3 is 9.47 Å². The van der Waals surface area contributed by atoms with Crippen molar-refractivity contribution in [1.82, 2.24) is 0 Å². The van der Waals surface area contributed by atoms with E-state index in [0.717, 1.165) is 32.8 Å². The van der Waals surface area contributed by atoms with Crippen molar-refractivity contribution in [2.24, 2.45) is 0 Å². The Kier molecular flexibility index (Phi) is 16.3. The highest BCUT2D eigenvalue weighted by atomic mass is 16.5. The molecule has 2 nitrogen and oxygen atoms in total. The SMILES string of the molecule is C=CCCCCCCCCCOCCCOCC. The van der Waals surface area contributed by atoms with Crippen LogP contribution in [0.15, 0.2) is 12.7 Å². The lowest BCUT2D eigenvalue weighted by molar-refractivity contribution is 0.0860. The third-order valence-electron chi connectivity index (χ3n) is 2.98. The number of rotatable bonds is 15. The van der Waals surface area contributed by atoms with Crippen LogP contribution in [-0.4, -0.2) is 26.4 Å². The molecule has 0 saturated heterocycles. The molecule has 0 aliphatic heterocycles. The summed E-state index contributed by atoms with van der Waals surface area (Å²) >= 11 is 0. The fourth-order valence-electron chi connectivity index (χ4n) is 1.89. The minimum atomic E-state index is 0.812. The maximum atomic E-state index is 5.55. The van der Waals surface area contributed by atoms with Gasteiger partial charge in [-0.15, -0.1) is 6.58 Å². The second kappa shape index (κ2) is 16.7. The third-order valence-corrected chi connectivity index (χ3v) is 2.98. The molecule has 0 aliphatic carbocycles. The first kappa shape index (κ1) is 17.7. The molecule has 0 atom stereocenters. The van der Waals surface area contributed by atoms with Gasteiger partial charge in [0, 0.05) is 26.4 Å². The van der Waals surface area contributed by atoms with E-state index in [0.29, 0.717) is 0 Å². The normalized spacial score (nSPS) is 10.7. The molecule has 0 fully saturated rings. The van der Waals surface area contributed by atoms with Crippen molar-refractivity contribution in [2.45, 2.75) is 64.7 Å². The maximum Gasteiger partial charge on any atom is 0.0487 e. The Morgan fingerprint density at radius 1 is 0.722 bits per heavy atom. The molecule has 0 saturated carbocycles. The van der Waals surface area contributed by atoms with Crippen LogP contribution in [0.25, 0.3) is 0 Å². The fraction of sp³-hybridized carbons (Fsp3) is 0.875. The van der Waals surface area contributed by atoms with Crippen molar-refractivity contribution in [2.75, 3.05) is 26.4 Å². The summed E-state index contributed by atoms with van der Waals surface area (Å²) in [6, 6.07) is 0. The van der Waals surface area contributed by atoms with Crippen molar-refractivity contribution in [3.05, 3.63) is 12.7 Å². The Labute approximate surface area is 114 Å². The summed E-state index contributed by atoms with van der Waals surface area (Å²) in [4.78, 5) is 0. The second-order valence-electron chi connectivity index (χ2n) is 4.72. The van der Waals surface area contributed by atoms with Crippen molar-refractivity contribution in [3.63, 3.8) is 0 Å². The van der Waals surface area contributed by atoms with Gasteiger partial charge in [0.2, 0.25) is 0 Å². The van der Waals surface area contributed by atoms with E-state index < -0.39 is 0 Å². The Hall–Kier alpha value is -0.340. The molecular weight excluding hydrogens is 224 g/mol. The predicted molar refractivity (Wildman–Crippen MR) is 79.1 cm³/mol. The van der Waals surface area contributed by atoms with Crippen LogP contribution in [0, 0.1) is 0 Å². The van der Waals surface area contributed by atoms with Gasteiger partial charge in [-0.25, -0.2) is 0 Å². The molecule has 0 aliphatic rings. The number of allylic oxidation sites excluding steroid dienone is 1. The molecule has 0 aromatic carbocycles. The van der Waals surface area contributed by atoms with E-state index in [2.05, 4.69) is 6.58 Å². The van der Waals surface area contributed by atoms with Gasteiger partial charge in [-0.2, -0.15) is 0 Å². The number of ether oxygens (including phenoxy) is 2. The molecule has 0 aromatic heterocycles. The predicted octanol–water partition coefficient (Wildman–Crippen LogP) is 4.74. The van der Waals surface area contributed by atoms with Crippen LogP contribution >= 0.6 is 0 Å². The highest BCUT2D eigenvalue weighted by Crippen LogP contribution is 2.08. The first-order valence-electron chi connectivity index (χ1n) is 7.68. The largest absolute Gasteiger partial charge is 0.382 e.